The molecule has 2 aliphatic heterocycles. The molecule has 2 aromatic carbocycles. The Morgan fingerprint density at radius 1 is 1.03 bits per heavy atom. The Balaban J connectivity index is 1.40. The van der Waals surface area contributed by atoms with Gasteiger partial charge in [0, 0.05) is 31.7 Å². The molecule has 0 atom stereocenters. The molecule has 0 radical (unpaired) electrons. The van der Waals surface area contributed by atoms with E-state index in [2.05, 4.69) is 32.0 Å². The van der Waals surface area contributed by atoms with Crippen LogP contribution in [0.2, 0.25) is 0 Å². The van der Waals surface area contributed by atoms with Crippen molar-refractivity contribution in [2.24, 2.45) is 0 Å². The number of anilines is 1. The van der Waals surface area contributed by atoms with Crippen molar-refractivity contribution in [3.8, 4) is 0 Å². The summed E-state index contributed by atoms with van der Waals surface area (Å²) in [6.07, 6.45) is 2.99. The van der Waals surface area contributed by atoms with Crippen molar-refractivity contribution in [3.63, 3.8) is 0 Å². The molecule has 172 valence electrons. The van der Waals surface area contributed by atoms with Crippen molar-refractivity contribution < 1.29 is 17.9 Å². The van der Waals surface area contributed by atoms with Crippen LogP contribution in [0.5, 0.6) is 0 Å². The highest BCUT2D eigenvalue weighted by molar-refractivity contribution is 7.89. The SMILES string of the molecule is CC(C)c1ccc2c(c1)CCCN2C(=O)CCc1ccc(S(=O)(=O)N2CCOCC2)cc1. The van der Waals surface area contributed by atoms with Gasteiger partial charge < -0.3 is 9.64 Å². The average molecular weight is 457 g/mol. The Morgan fingerprint density at radius 2 is 1.75 bits per heavy atom. The molecular formula is C25H32N2O4S. The zero-order chi connectivity index (χ0) is 22.7. The predicted octanol–water partition coefficient (Wildman–Crippen LogP) is 3.74. The van der Waals surface area contributed by atoms with E-state index in [0.29, 0.717) is 50.0 Å². The average Bonchev–Trinajstić information content (AvgIpc) is 2.82. The van der Waals surface area contributed by atoms with Gasteiger partial charge >= 0.3 is 0 Å². The maximum atomic E-state index is 13.0. The van der Waals surface area contributed by atoms with Crippen LogP contribution < -0.4 is 4.90 Å². The summed E-state index contributed by atoms with van der Waals surface area (Å²) in [7, 11) is -3.49. The molecule has 1 amide bonds. The number of carbonyl (C=O) groups is 1. The lowest BCUT2D eigenvalue weighted by molar-refractivity contribution is -0.118. The Bertz CT molecular complexity index is 1060. The summed E-state index contributed by atoms with van der Waals surface area (Å²) in [4.78, 5) is 15.2. The van der Waals surface area contributed by atoms with Crippen LogP contribution in [-0.4, -0.2) is 51.5 Å². The van der Waals surface area contributed by atoms with E-state index < -0.39 is 10.0 Å². The molecule has 32 heavy (non-hydrogen) atoms. The lowest BCUT2D eigenvalue weighted by atomic mass is 9.94. The van der Waals surface area contributed by atoms with E-state index in [1.807, 2.05) is 17.0 Å². The van der Waals surface area contributed by atoms with Crippen molar-refractivity contribution in [2.45, 2.75) is 50.3 Å². The van der Waals surface area contributed by atoms with Gasteiger partial charge in [-0.15, -0.1) is 0 Å². The lowest BCUT2D eigenvalue weighted by Gasteiger charge is -2.30. The summed E-state index contributed by atoms with van der Waals surface area (Å²) in [5.74, 6) is 0.592. The van der Waals surface area contributed by atoms with Crippen LogP contribution >= 0.6 is 0 Å². The van der Waals surface area contributed by atoms with E-state index >= 15 is 0 Å². The number of nitrogens with zero attached hydrogens (tertiary/aromatic N) is 2. The third-order valence-corrected chi connectivity index (χ3v) is 8.26. The third-order valence-electron chi connectivity index (χ3n) is 6.35. The minimum absolute atomic E-state index is 0.119. The number of aryl methyl sites for hydroxylation is 2. The number of amides is 1. The van der Waals surface area contributed by atoms with Gasteiger partial charge in [0.1, 0.15) is 0 Å². The Kier molecular flexibility index (Phi) is 6.98. The first kappa shape index (κ1) is 23.0. The number of rotatable bonds is 6. The standard InChI is InChI=1S/C25H32N2O4S/c1-19(2)21-8-11-24-22(18-21)4-3-13-27(24)25(28)12-7-20-5-9-23(10-6-20)32(29,30)26-14-16-31-17-15-26/h5-6,8-11,18-19H,3-4,7,12-17H2,1-2H3. The summed E-state index contributed by atoms with van der Waals surface area (Å²) in [6.45, 7) is 6.75. The fourth-order valence-electron chi connectivity index (χ4n) is 4.39. The van der Waals surface area contributed by atoms with Gasteiger partial charge in [-0.3, -0.25) is 4.79 Å². The highest BCUT2D eigenvalue weighted by atomic mass is 32.2. The van der Waals surface area contributed by atoms with Crippen LogP contribution in [0.15, 0.2) is 47.4 Å². The van der Waals surface area contributed by atoms with Crippen LogP contribution in [0.25, 0.3) is 0 Å². The van der Waals surface area contributed by atoms with Gasteiger partial charge in [-0.25, -0.2) is 8.42 Å². The maximum absolute atomic E-state index is 13.0. The van der Waals surface area contributed by atoms with Crippen LogP contribution in [0.3, 0.4) is 0 Å². The number of ether oxygens (including phenoxy) is 1. The summed E-state index contributed by atoms with van der Waals surface area (Å²) < 4.78 is 32.2. The summed E-state index contributed by atoms with van der Waals surface area (Å²) >= 11 is 0. The molecule has 2 heterocycles. The van der Waals surface area contributed by atoms with Gasteiger partial charge in [-0.2, -0.15) is 4.31 Å². The molecule has 0 bridgehead atoms. The first-order chi connectivity index (χ1) is 15.4. The monoisotopic (exact) mass is 456 g/mol. The molecule has 0 N–H and O–H groups in total. The molecule has 2 aliphatic rings. The molecule has 0 unspecified atom stereocenters. The second-order valence-electron chi connectivity index (χ2n) is 8.85. The maximum Gasteiger partial charge on any atom is 0.243 e. The number of fused-ring (bicyclic) bond motifs is 1. The van der Waals surface area contributed by atoms with Gasteiger partial charge in [-0.1, -0.05) is 38.1 Å². The van der Waals surface area contributed by atoms with Crippen molar-refractivity contribution in [1.82, 2.24) is 4.31 Å². The number of carbonyl (C=O) groups excluding carboxylic acids is 1. The van der Waals surface area contributed by atoms with E-state index in [4.69, 9.17) is 4.74 Å². The summed E-state index contributed by atoms with van der Waals surface area (Å²) in [5.41, 5.74) is 4.57. The quantitative estimate of drug-likeness (QED) is 0.664. The van der Waals surface area contributed by atoms with Gasteiger partial charge in [0.2, 0.25) is 15.9 Å². The van der Waals surface area contributed by atoms with Crippen molar-refractivity contribution in [1.29, 1.82) is 0 Å². The first-order valence-electron chi connectivity index (χ1n) is 11.5. The topological polar surface area (TPSA) is 66.9 Å². The zero-order valence-electron chi connectivity index (χ0n) is 18.9. The molecule has 0 aromatic heterocycles. The lowest BCUT2D eigenvalue weighted by Crippen LogP contribution is -2.40. The Hall–Kier alpha value is -2.22. The van der Waals surface area contributed by atoms with E-state index in [0.717, 1.165) is 30.6 Å². The van der Waals surface area contributed by atoms with Crippen LogP contribution in [0.1, 0.15) is 49.3 Å². The second kappa shape index (κ2) is 9.73. The van der Waals surface area contributed by atoms with Crippen molar-refractivity contribution in [2.75, 3.05) is 37.7 Å². The molecule has 1 fully saturated rings. The van der Waals surface area contributed by atoms with E-state index in [1.165, 1.54) is 15.4 Å². The first-order valence-corrected chi connectivity index (χ1v) is 12.9. The number of morpholine rings is 1. The van der Waals surface area contributed by atoms with Crippen LogP contribution in [0, 0.1) is 0 Å². The van der Waals surface area contributed by atoms with E-state index in [-0.39, 0.29) is 5.91 Å². The fraction of sp³-hybridized carbons (Fsp3) is 0.480. The minimum atomic E-state index is -3.49. The number of sulfonamides is 1. The molecular weight excluding hydrogens is 424 g/mol. The number of hydrogen-bond donors (Lipinski definition) is 0. The third kappa shape index (κ3) is 4.90. The van der Waals surface area contributed by atoms with E-state index in [9.17, 15) is 13.2 Å². The van der Waals surface area contributed by atoms with Gasteiger partial charge in [0.25, 0.3) is 0 Å². The zero-order valence-corrected chi connectivity index (χ0v) is 19.7. The molecule has 7 heteroatoms. The molecule has 1 saturated heterocycles. The van der Waals surface area contributed by atoms with Gasteiger partial charge in [0.15, 0.2) is 0 Å². The molecule has 2 aromatic rings. The molecule has 0 aliphatic carbocycles. The van der Waals surface area contributed by atoms with Gasteiger partial charge in [-0.05, 0) is 60.1 Å². The summed E-state index contributed by atoms with van der Waals surface area (Å²) in [5, 5.41) is 0. The fourth-order valence-corrected chi connectivity index (χ4v) is 5.79. The van der Waals surface area contributed by atoms with E-state index in [1.54, 1.807) is 12.1 Å². The Labute approximate surface area is 191 Å². The molecule has 4 rings (SSSR count). The summed E-state index contributed by atoms with van der Waals surface area (Å²) in [6, 6.07) is 13.4. The van der Waals surface area contributed by atoms with Crippen molar-refractivity contribution >= 4 is 21.6 Å². The largest absolute Gasteiger partial charge is 0.379 e. The highest BCUT2D eigenvalue weighted by Gasteiger charge is 2.26. The highest BCUT2D eigenvalue weighted by Crippen LogP contribution is 2.31. The van der Waals surface area contributed by atoms with Crippen LogP contribution in [-0.2, 0) is 32.4 Å². The second-order valence-corrected chi connectivity index (χ2v) is 10.8. The smallest absolute Gasteiger partial charge is 0.243 e. The minimum Gasteiger partial charge on any atom is -0.379 e. The normalized spacial score (nSPS) is 17.4. The molecule has 6 nitrogen and oxygen atoms in total. The number of benzene rings is 2. The molecule has 0 saturated carbocycles. The Morgan fingerprint density at radius 3 is 2.44 bits per heavy atom. The predicted molar refractivity (Wildman–Crippen MR) is 126 cm³/mol. The van der Waals surface area contributed by atoms with Gasteiger partial charge in [0.05, 0.1) is 18.1 Å². The van der Waals surface area contributed by atoms with Crippen LogP contribution in [0.4, 0.5) is 5.69 Å². The number of hydrogen-bond acceptors (Lipinski definition) is 4. The molecule has 0 spiro atoms. The van der Waals surface area contributed by atoms with Crippen molar-refractivity contribution in [3.05, 3.63) is 59.2 Å².